The van der Waals surface area contributed by atoms with Gasteiger partial charge in [-0.05, 0) is 79.9 Å². The number of benzene rings is 1. The Morgan fingerprint density at radius 1 is 0.680 bits per heavy atom. The molecule has 2 saturated carbocycles. The first-order valence-corrected chi connectivity index (χ1v) is 10.6. The maximum absolute atomic E-state index is 13.4. The first-order chi connectivity index (χ1) is 12.1. The summed E-state index contributed by atoms with van der Waals surface area (Å²) in [5.74, 6) is 1.71. The summed E-state index contributed by atoms with van der Waals surface area (Å²) in [4.78, 5) is 0. The predicted molar refractivity (Wildman–Crippen MR) is 105 cm³/mol. The van der Waals surface area contributed by atoms with Crippen molar-refractivity contribution in [2.45, 2.75) is 91.9 Å². The van der Waals surface area contributed by atoms with Crippen molar-refractivity contribution in [3.8, 4) is 0 Å². The molecule has 3 rings (SSSR count). The van der Waals surface area contributed by atoms with Gasteiger partial charge in [0, 0.05) is 0 Å². The molecular weight excluding hydrogens is 314 g/mol. The van der Waals surface area contributed by atoms with E-state index in [0.29, 0.717) is 5.92 Å². The van der Waals surface area contributed by atoms with Crippen LogP contribution in [0.2, 0.25) is 0 Å². The van der Waals surface area contributed by atoms with Crippen molar-refractivity contribution in [1.29, 1.82) is 0 Å². The van der Waals surface area contributed by atoms with Gasteiger partial charge < -0.3 is 0 Å². The molecule has 25 heavy (non-hydrogen) atoms. The van der Waals surface area contributed by atoms with Gasteiger partial charge in [-0.25, -0.2) is 8.78 Å². The molecule has 0 atom stereocenters. The second-order valence-corrected chi connectivity index (χ2v) is 7.31. The van der Waals surface area contributed by atoms with E-state index in [1.807, 2.05) is 27.7 Å². The van der Waals surface area contributed by atoms with E-state index in [-0.39, 0.29) is 0 Å². The molecule has 2 aliphatic rings. The molecule has 0 bridgehead atoms. The molecule has 0 aromatic heterocycles. The standard InChI is InChI=1S/C19H26F2.2C2H6/c1-13-2-4-14(5-3-13)15-6-8-16(9-7-15)17-10-11-18(20)19(21)12-17;2*1-2/h10-16H,2-9H2,1H3;2*1-2H3. The largest absolute Gasteiger partial charge is 0.204 e. The molecule has 0 radical (unpaired) electrons. The molecule has 0 heterocycles. The van der Waals surface area contributed by atoms with Gasteiger partial charge >= 0.3 is 0 Å². The van der Waals surface area contributed by atoms with E-state index < -0.39 is 11.6 Å². The maximum Gasteiger partial charge on any atom is 0.159 e. The van der Waals surface area contributed by atoms with E-state index in [4.69, 9.17) is 0 Å². The summed E-state index contributed by atoms with van der Waals surface area (Å²) in [6, 6.07) is 4.45. The molecule has 2 aliphatic carbocycles. The van der Waals surface area contributed by atoms with E-state index in [2.05, 4.69) is 6.92 Å². The molecule has 0 nitrogen and oxygen atoms in total. The lowest BCUT2D eigenvalue weighted by Gasteiger charge is -2.37. The first-order valence-electron chi connectivity index (χ1n) is 10.6. The second kappa shape index (κ2) is 11.6. The van der Waals surface area contributed by atoms with Crippen LogP contribution in [0.15, 0.2) is 18.2 Å². The highest BCUT2D eigenvalue weighted by atomic mass is 19.2. The van der Waals surface area contributed by atoms with Crippen molar-refractivity contribution >= 4 is 0 Å². The SMILES string of the molecule is CC.CC.CC1CCC(C2CCC(c3ccc(F)c(F)c3)CC2)CC1. The quantitative estimate of drug-likeness (QED) is 0.504. The van der Waals surface area contributed by atoms with Crippen LogP contribution in [0.4, 0.5) is 8.78 Å². The molecule has 0 aliphatic heterocycles. The van der Waals surface area contributed by atoms with Crippen LogP contribution in [-0.2, 0) is 0 Å². The Kier molecular flexibility index (Phi) is 10.3. The summed E-state index contributed by atoms with van der Waals surface area (Å²) in [7, 11) is 0. The number of rotatable bonds is 2. The van der Waals surface area contributed by atoms with Gasteiger partial charge in [-0.1, -0.05) is 53.5 Å². The molecule has 0 spiro atoms. The first kappa shape index (κ1) is 22.1. The topological polar surface area (TPSA) is 0 Å². The highest BCUT2D eigenvalue weighted by molar-refractivity contribution is 5.22. The van der Waals surface area contributed by atoms with Crippen LogP contribution in [0.25, 0.3) is 0 Å². The Morgan fingerprint density at radius 2 is 1.16 bits per heavy atom. The van der Waals surface area contributed by atoms with Gasteiger partial charge in [0.05, 0.1) is 0 Å². The summed E-state index contributed by atoms with van der Waals surface area (Å²) >= 11 is 0. The number of hydrogen-bond acceptors (Lipinski definition) is 0. The molecule has 0 N–H and O–H groups in total. The molecule has 1 aromatic carbocycles. The Hall–Kier alpha value is -0.920. The predicted octanol–water partition coefficient (Wildman–Crippen LogP) is 8.12. The molecule has 0 saturated heterocycles. The van der Waals surface area contributed by atoms with Gasteiger partial charge in [0.2, 0.25) is 0 Å². The zero-order valence-electron chi connectivity index (χ0n) is 17.0. The normalized spacial score (nSPS) is 28.9. The number of halogens is 2. The fraction of sp³-hybridized carbons (Fsp3) is 0.739. The Balaban J connectivity index is 0.000000730. The molecular formula is C23H38F2. The average Bonchev–Trinajstić information content (AvgIpc) is 2.68. The molecule has 1 aromatic rings. The summed E-state index contributed by atoms with van der Waals surface area (Å²) in [5, 5.41) is 0. The smallest absolute Gasteiger partial charge is 0.159 e. The van der Waals surface area contributed by atoms with Crippen LogP contribution in [0.3, 0.4) is 0 Å². The molecule has 0 amide bonds. The number of hydrogen-bond donors (Lipinski definition) is 0. The highest BCUT2D eigenvalue weighted by Gasteiger charge is 2.30. The van der Waals surface area contributed by atoms with Crippen molar-refractivity contribution in [3.05, 3.63) is 35.4 Å². The van der Waals surface area contributed by atoms with Gasteiger partial charge in [0.15, 0.2) is 11.6 Å². The van der Waals surface area contributed by atoms with Gasteiger partial charge in [-0.3, -0.25) is 0 Å². The molecule has 144 valence electrons. The van der Waals surface area contributed by atoms with E-state index in [9.17, 15) is 8.78 Å². The van der Waals surface area contributed by atoms with Crippen molar-refractivity contribution in [2.24, 2.45) is 17.8 Å². The van der Waals surface area contributed by atoms with Crippen LogP contribution in [0.1, 0.15) is 97.5 Å². The summed E-state index contributed by atoms with van der Waals surface area (Å²) in [6.45, 7) is 10.4. The fourth-order valence-electron chi connectivity index (χ4n) is 4.45. The molecule has 2 heteroatoms. The van der Waals surface area contributed by atoms with Crippen molar-refractivity contribution < 1.29 is 8.78 Å². The lowest BCUT2D eigenvalue weighted by atomic mass is 9.68. The van der Waals surface area contributed by atoms with Gasteiger partial charge in [-0.15, -0.1) is 0 Å². The zero-order valence-corrected chi connectivity index (χ0v) is 17.0. The zero-order chi connectivity index (χ0) is 18.8. The van der Waals surface area contributed by atoms with Crippen LogP contribution in [0.5, 0.6) is 0 Å². The maximum atomic E-state index is 13.4. The van der Waals surface area contributed by atoms with Gasteiger partial charge in [-0.2, -0.15) is 0 Å². The third-order valence-corrected chi connectivity index (χ3v) is 5.91. The van der Waals surface area contributed by atoms with Crippen LogP contribution in [-0.4, -0.2) is 0 Å². The van der Waals surface area contributed by atoms with Crippen LogP contribution < -0.4 is 0 Å². The minimum atomic E-state index is -0.733. The Morgan fingerprint density at radius 3 is 1.64 bits per heavy atom. The minimum Gasteiger partial charge on any atom is -0.204 e. The van der Waals surface area contributed by atoms with Gasteiger partial charge in [0.25, 0.3) is 0 Å². The molecule has 0 unspecified atom stereocenters. The summed E-state index contributed by atoms with van der Waals surface area (Å²) in [6.07, 6.45) is 10.4. The van der Waals surface area contributed by atoms with E-state index >= 15 is 0 Å². The monoisotopic (exact) mass is 352 g/mol. The Bertz CT molecular complexity index is 467. The lowest BCUT2D eigenvalue weighted by Crippen LogP contribution is -2.24. The van der Waals surface area contributed by atoms with E-state index in [1.54, 1.807) is 6.07 Å². The Labute approximate surface area is 154 Å². The third-order valence-electron chi connectivity index (χ3n) is 5.91. The fourth-order valence-corrected chi connectivity index (χ4v) is 4.45. The average molecular weight is 353 g/mol. The van der Waals surface area contributed by atoms with Crippen LogP contribution >= 0.6 is 0 Å². The summed E-state index contributed by atoms with van der Waals surface area (Å²) < 4.78 is 26.4. The van der Waals surface area contributed by atoms with Crippen molar-refractivity contribution in [2.75, 3.05) is 0 Å². The second-order valence-electron chi connectivity index (χ2n) is 7.31. The third kappa shape index (κ3) is 6.38. The van der Waals surface area contributed by atoms with Gasteiger partial charge in [0.1, 0.15) is 0 Å². The molecule has 2 fully saturated rings. The van der Waals surface area contributed by atoms with Crippen LogP contribution in [0, 0.1) is 29.4 Å². The summed E-state index contributed by atoms with van der Waals surface area (Å²) in [5.41, 5.74) is 0.990. The lowest BCUT2D eigenvalue weighted by molar-refractivity contribution is 0.165. The van der Waals surface area contributed by atoms with E-state index in [1.165, 1.54) is 50.7 Å². The van der Waals surface area contributed by atoms with E-state index in [0.717, 1.165) is 36.2 Å². The minimum absolute atomic E-state index is 0.430. The van der Waals surface area contributed by atoms with Crippen molar-refractivity contribution in [1.82, 2.24) is 0 Å². The van der Waals surface area contributed by atoms with Crippen molar-refractivity contribution in [3.63, 3.8) is 0 Å². The highest BCUT2D eigenvalue weighted by Crippen LogP contribution is 2.43.